The number of fused-ring (bicyclic) bond motifs is 1. The molecule has 0 unspecified atom stereocenters. The van der Waals surface area contributed by atoms with Crippen molar-refractivity contribution in [1.29, 1.82) is 0 Å². The van der Waals surface area contributed by atoms with Gasteiger partial charge in [-0.25, -0.2) is 14.5 Å². The zero-order valence-electron chi connectivity index (χ0n) is 18.5. The van der Waals surface area contributed by atoms with Crippen molar-refractivity contribution in [1.82, 2.24) is 35.1 Å². The lowest BCUT2D eigenvalue weighted by molar-refractivity contribution is 0.358. The molecule has 0 aliphatic heterocycles. The number of hydrogen-bond acceptors (Lipinski definition) is 6. The van der Waals surface area contributed by atoms with Gasteiger partial charge in [0.15, 0.2) is 5.65 Å². The van der Waals surface area contributed by atoms with Crippen LogP contribution in [0.3, 0.4) is 0 Å². The van der Waals surface area contributed by atoms with Crippen LogP contribution < -0.4 is 5.32 Å². The maximum absolute atomic E-state index is 4.82. The van der Waals surface area contributed by atoms with Crippen LogP contribution in [-0.4, -0.2) is 42.9 Å². The molecule has 0 aromatic carbocycles. The summed E-state index contributed by atoms with van der Waals surface area (Å²) in [6, 6.07) is 2.81. The molecular weight excluding hydrogens is 406 g/mol. The molecule has 1 fully saturated rings. The van der Waals surface area contributed by atoms with E-state index in [1.165, 1.54) is 36.3 Å². The Bertz CT molecular complexity index is 1190. The number of hydrogen-bond donors (Lipinski definition) is 2. The quantitative estimate of drug-likeness (QED) is 0.465. The fourth-order valence-electron chi connectivity index (χ4n) is 4.77. The molecule has 0 amide bonds. The maximum Gasteiger partial charge on any atom is 0.158 e. The first kappa shape index (κ1) is 20.3. The predicted octanol–water partition coefficient (Wildman–Crippen LogP) is 4.92. The molecule has 2 N–H and O–H groups in total. The summed E-state index contributed by atoms with van der Waals surface area (Å²) in [4.78, 5) is 10.3. The number of aromatic nitrogens is 6. The number of rotatable bonds is 5. The van der Waals surface area contributed by atoms with Gasteiger partial charge in [0.1, 0.15) is 12.0 Å². The Morgan fingerprint density at radius 2 is 2.00 bits per heavy atom. The van der Waals surface area contributed by atoms with Crippen molar-refractivity contribution in [2.75, 3.05) is 7.05 Å². The molecule has 0 saturated heterocycles. The van der Waals surface area contributed by atoms with Crippen LogP contribution in [-0.2, 0) is 0 Å². The van der Waals surface area contributed by atoms with Crippen molar-refractivity contribution >= 4 is 17.0 Å². The molecule has 0 bridgehead atoms. The Labute approximate surface area is 186 Å². The van der Waals surface area contributed by atoms with Gasteiger partial charge in [-0.1, -0.05) is 13.8 Å². The molecule has 4 aromatic heterocycles. The average Bonchev–Trinajstić information content (AvgIpc) is 3.51. The van der Waals surface area contributed by atoms with Gasteiger partial charge in [0.25, 0.3) is 0 Å². The van der Waals surface area contributed by atoms with Gasteiger partial charge in [-0.05, 0) is 57.2 Å². The second-order valence-corrected chi connectivity index (χ2v) is 9.92. The fourth-order valence-corrected chi connectivity index (χ4v) is 5.86. The summed E-state index contributed by atoms with van der Waals surface area (Å²) >= 11 is 1.81. The highest BCUT2D eigenvalue weighted by atomic mass is 32.1. The number of thiazole rings is 1. The third-order valence-electron chi connectivity index (χ3n) is 6.47. The van der Waals surface area contributed by atoms with E-state index < -0.39 is 0 Å². The number of pyridine rings is 1. The summed E-state index contributed by atoms with van der Waals surface area (Å²) < 4.78 is 1.83. The highest BCUT2D eigenvalue weighted by Gasteiger charge is 2.26. The summed E-state index contributed by atoms with van der Waals surface area (Å²) in [5, 5.41) is 17.1. The Hall–Kier alpha value is -2.58. The topological polar surface area (TPSA) is 83.8 Å². The Morgan fingerprint density at radius 3 is 2.74 bits per heavy atom. The third-order valence-corrected chi connectivity index (χ3v) is 7.64. The first-order chi connectivity index (χ1) is 15.0. The fraction of sp³-hybridized carbons (Fsp3) is 0.478. The van der Waals surface area contributed by atoms with Crippen LogP contribution in [0.25, 0.3) is 27.5 Å². The van der Waals surface area contributed by atoms with Gasteiger partial charge >= 0.3 is 0 Å². The van der Waals surface area contributed by atoms with Crippen LogP contribution in [0.5, 0.6) is 0 Å². The van der Waals surface area contributed by atoms with Crippen LogP contribution in [0, 0.1) is 6.92 Å². The third kappa shape index (κ3) is 3.68. The predicted molar refractivity (Wildman–Crippen MR) is 125 cm³/mol. The summed E-state index contributed by atoms with van der Waals surface area (Å²) in [5.41, 5.74) is 6.36. The summed E-state index contributed by atoms with van der Waals surface area (Å²) in [7, 11) is 2.07. The smallest absolute Gasteiger partial charge is 0.158 e. The maximum atomic E-state index is 4.82. The highest BCUT2D eigenvalue weighted by molar-refractivity contribution is 7.15. The van der Waals surface area contributed by atoms with Gasteiger partial charge in [0.05, 0.1) is 15.6 Å². The van der Waals surface area contributed by atoms with Crippen LogP contribution in [0.1, 0.15) is 67.5 Å². The molecule has 0 atom stereocenters. The number of aryl methyl sites for hydroxylation is 1. The molecule has 5 rings (SSSR count). The van der Waals surface area contributed by atoms with Gasteiger partial charge in [0.2, 0.25) is 0 Å². The Morgan fingerprint density at radius 1 is 1.19 bits per heavy atom. The SMILES string of the molecule is CNC1CCC(c2ncc(-c3n[nH]c(-c4cc(C)c5ncnn5c4)c3C(C)C)s2)CC1. The second-order valence-electron chi connectivity index (χ2n) is 8.86. The van der Waals surface area contributed by atoms with Crippen molar-refractivity contribution in [3.8, 4) is 21.8 Å². The Balaban J connectivity index is 1.50. The molecule has 162 valence electrons. The summed E-state index contributed by atoms with van der Waals surface area (Å²) in [6.45, 7) is 6.51. The number of nitrogens with one attached hydrogen (secondary N) is 2. The van der Waals surface area contributed by atoms with Crippen LogP contribution >= 0.6 is 11.3 Å². The van der Waals surface area contributed by atoms with Crippen LogP contribution in [0.15, 0.2) is 24.8 Å². The number of aromatic amines is 1. The molecule has 1 saturated carbocycles. The molecule has 0 spiro atoms. The summed E-state index contributed by atoms with van der Waals surface area (Å²) in [5.74, 6) is 0.897. The molecule has 1 aliphatic rings. The standard InChI is InChI=1S/C23H29N7S/c1-13(2)19-20(16-9-14(3)22-26-12-27-30(22)11-16)28-29-21(19)18-10-25-23(31-18)15-5-7-17(24-4)8-6-15/h9-13,15,17,24H,5-8H2,1-4H3,(H,28,29). The van der Waals surface area contributed by atoms with Crippen LogP contribution in [0.2, 0.25) is 0 Å². The van der Waals surface area contributed by atoms with E-state index in [9.17, 15) is 0 Å². The lowest BCUT2D eigenvalue weighted by Gasteiger charge is -2.26. The molecule has 1 aliphatic carbocycles. The summed E-state index contributed by atoms with van der Waals surface area (Å²) in [6.07, 6.45) is 10.5. The van der Waals surface area contributed by atoms with Crippen LogP contribution in [0.4, 0.5) is 0 Å². The lowest BCUT2D eigenvalue weighted by atomic mass is 9.86. The van der Waals surface area contributed by atoms with E-state index in [1.807, 2.05) is 16.9 Å². The van der Waals surface area contributed by atoms with E-state index in [1.54, 1.807) is 17.7 Å². The van der Waals surface area contributed by atoms with Gasteiger partial charge in [-0.15, -0.1) is 11.3 Å². The monoisotopic (exact) mass is 435 g/mol. The normalized spacial score (nSPS) is 19.5. The molecule has 8 heteroatoms. The van der Waals surface area contributed by atoms with Crippen molar-refractivity contribution in [2.24, 2.45) is 0 Å². The van der Waals surface area contributed by atoms with Crippen molar-refractivity contribution in [3.05, 3.63) is 40.9 Å². The van der Waals surface area contributed by atoms with Gasteiger partial charge < -0.3 is 5.32 Å². The van der Waals surface area contributed by atoms with E-state index in [-0.39, 0.29) is 0 Å². The van der Waals surface area contributed by atoms with Gasteiger partial charge in [-0.3, -0.25) is 5.10 Å². The minimum Gasteiger partial charge on any atom is -0.317 e. The van der Waals surface area contributed by atoms with Crippen molar-refractivity contribution in [2.45, 2.75) is 64.3 Å². The first-order valence-electron chi connectivity index (χ1n) is 11.1. The molecule has 4 aromatic rings. The molecule has 0 radical (unpaired) electrons. The van der Waals surface area contributed by atoms with E-state index >= 15 is 0 Å². The second kappa shape index (κ2) is 8.16. The Kier molecular flexibility index (Phi) is 5.35. The van der Waals surface area contributed by atoms with Gasteiger partial charge in [0, 0.05) is 35.5 Å². The molecule has 31 heavy (non-hydrogen) atoms. The minimum absolute atomic E-state index is 0.326. The van der Waals surface area contributed by atoms with Gasteiger partial charge in [-0.2, -0.15) is 10.2 Å². The first-order valence-corrected chi connectivity index (χ1v) is 11.9. The zero-order chi connectivity index (χ0) is 21.5. The van der Waals surface area contributed by atoms with Crippen molar-refractivity contribution in [3.63, 3.8) is 0 Å². The number of H-pyrrole nitrogens is 1. The average molecular weight is 436 g/mol. The number of nitrogens with zero attached hydrogens (tertiary/aromatic N) is 5. The van der Waals surface area contributed by atoms with E-state index in [4.69, 9.17) is 10.1 Å². The highest BCUT2D eigenvalue weighted by Crippen LogP contribution is 2.41. The van der Waals surface area contributed by atoms with E-state index in [0.717, 1.165) is 33.0 Å². The zero-order valence-corrected chi connectivity index (χ0v) is 19.3. The molecule has 4 heterocycles. The minimum atomic E-state index is 0.326. The van der Waals surface area contributed by atoms with E-state index in [2.05, 4.69) is 54.4 Å². The van der Waals surface area contributed by atoms with Crippen molar-refractivity contribution < 1.29 is 0 Å². The lowest BCUT2D eigenvalue weighted by Crippen LogP contribution is -2.29. The molecular formula is C23H29N7S. The van der Waals surface area contributed by atoms with E-state index in [0.29, 0.717) is 17.9 Å². The molecule has 7 nitrogen and oxygen atoms in total. The largest absolute Gasteiger partial charge is 0.317 e.